The minimum Gasteiger partial charge on any atom is -0.475 e. The Hall–Kier alpha value is -4.24. The van der Waals surface area contributed by atoms with E-state index in [0.717, 1.165) is 13.0 Å². The van der Waals surface area contributed by atoms with Gasteiger partial charge in [0.05, 0.1) is 30.4 Å². The Balaban J connectivity index is 1.59. The van der Waals surface area contributed by atoms with Crippen LogP contribution in [-0.2, 0) is 6.18 Å². The minimum absolute atomic E-state index is 0.0321. The van der Waals surface area contributed by atoms with Gasteiger partial charge < -0.3 is 24.8 Å². The molecule has 3 atom stereocenters. The summed E-state index contributed by atoms with van der Waals surface area (Å²) in [6.45, 7) is 3.77. The average Bonchev–Trinajstić information content (AvgIpc) is 3.20. The van der Waals surface area contributed by atoms with E-state index in [0.29, 0.717) is 5.56 Å². The van der Waals surface area contributed by atoms with Crippen LogP contribution in [0.15, 0.2) is 24.4 Å². The Bertz CT molecular complexity index is 1950. The van der Waals surface area contributed by atoms with Crippen molar-refractivity contribution >= 4 is 37.0 Å². The maximum absolute atomic E-state index is 16.9. The molecule has 0 aliphatic carbocycles. The lowest BCUT2D eigenvalue weighted by molar-refractivity contribution is -0.137. The second-order valence-corrected chi connectivity index (χ2v) is 13.4. The van der Waals surface area contributed by atoms with Gasteiger partial charge in [0.1, 0.15) is 47.3 Å². The summed E-state index contributed by atoms with van der Waals surface area (Å²) in [7, 11) is 2.98. The number of alkyl halides is 5. The van der Waals surface area contributed by atoms with Crippen molar-refractivity contribution in [1.29, 1.82) is 0 Å². The van der Waals surface area contributed by atoms with Crippen molar-refractivity contribution in [2.24, 2.45) is 0 Å². The normalized spacial score (nSPS) is 18.5. The van der Waals surface area contributed by atoms with Crippen LogP contribution in [-0.4, -0.2) is 83.9 Å². The second kappa shape index (κ2) is 13.1. The number of anilines is 3. The first kappa shape index (κ1) is 35.6. The second-order valence-electron chi connectivity index (χ2n) is 12.3. The van der Waals surface area contributed by atoms with Gasteiger partial charge in [0.15, 0.2) is 5.82 Å². The third kappa shape index (κ3) is 6.41. The van der Waals surface area contributed by atoms with Gasteiger partial charge in [0.2, 0.25) is 5.88 Å². The fourth-order valence-electron chi connectivity index (χ4n) is 6.44. The highest BCUT2D eigenvalue weighted by atomic mass is 31.1. The van der Waals surface area contributed by atoms with Crippen LogP contribution in [0.5, 0.6) is 11.9 Å². The number of aromatic nitrogens is 4. The van der Waals surface area contributed by atoms with Crippen LogP contribution in [0.2, 0.25) is 0 Å². The lowest BCUT2D eigenvalue weighted by Crippen LogP contribution is -2.32. The van der Waals surface area contributed by atoms with E-state index in [1.165, 1.54) is 29.9 Å². The molecule has 6 rings (SSSR count). The molecule has 0 bridgehead atoms. The lowest BCUT2D eigenvalue weighted by Gasteiger charge is -2.30. The molecular formula is C32H34F7N8O2P. The fourth-order valence-corrected chi connectivity index (χ4v) is 6.85. The molecule has 3 aromatic heterocycles. The zero-order chi connectivity index (χ0) is 36.3. The molecule has 1 aromatic carbocycles. The van der Waals surface area contributed by atoms with Crippen molar-refractivity contribution in [2.45, 2.75) is 44.5 Å². The highest BCUT2D eigenvalue weighted by Gasteiger charge is 2.44. The van der Waals surface area contributed by atoms with E-state index in [4.69, 9.17) is 15.2 Å². The molecule has 268 valence electrons. The van der Waals surface area contributed by atoms with Crippen molar-refractivity contribution in [3.05, 3.63) is 52.7 Å². The molecule has 4 aromatic rings. The number of hydrogen-bond donors (Lipinski definition) is 1. The molecule has 18 heteroatoms. The summed E-state index contributed by atoms with van der Waals surface area (Å²) in [5, 5.41) is -0.0605. The number of benzene rings is 1. The SMILES string of the molecule is CPN(C)c1cc(-c2nc3c4c(nc(OC[C@@H]5CC(F)(F)CN5C)nc4c2F)N([C@H](C)c2cccnc2N)CCO3)c(C(F)(F)F)c(C)c1F. The van der Waals surface area contributed by atoms with Gasteiger partial charge in [-0.15, -0.1) is 0 Å². The minimum atomic E-state index is -5.10. The monoisotopic (exact) mass is 726 g/mol. The molecule has 0 radical (unpaired) electrons. The Morgan fingerprint density at radius 3 is 2.58 bits per heavy atom. The van der Waals surface area contributed by atoms with E-state index in [1.54, 1.807) is 30.6 Å². The highest BCUT2D eigenvalue weighted by molar-refractivity contribution is 7.39. The van der Waals surface area contributed by atoms with Crippen molar-refractivity contribution in [3.63, 3.8) is 0 Å². The number of nitrogens with zero attached hydrogens (tertiary/aromatic N) is 7. The van der Waals surface area contributed by atoms with Crippen LogP contribution in [0, 0.1) is 18.6 Å². The largest absolute Gasteiger partial charge is 0.475 e. The predicted molar refractivity (Wildman–Crippen MR) is 176 cm³/mol. The van der Waals surface area contributed by atoms with E-state index >= 15 is 8.78 Å². The van der Waals surface area contributed by atoms with E-state index < -0.39 is 82.7 Å². The Kier molecular flexibility index (Phi) is 9.35. The van der Waals surface area contributed by atoms with Crippen LogP contribution in [0.25, 0.3) is 22.2 Å². The number of ether oxygens (including phenoxy) is 2. The summed E-state index contributed by atoms with van der Waals surface area (Å²) in [5.41, 5.74) is 2.47. The highest BCUT2D eigenvalue weighted by Crippen LogP contribution is 2.47. The fraction of sp³-hybridized carbons (Fsp3) is 0.438. The van der Waals surface area contributed by atoms with E-state index in [2.05, 4.69) is 19.9 Å². The summed E-state index contributed by atoms with van der Waals surface area (Å²) < 4.78 is 118. The standard InChI is InChI=1S/C32H34F7N8O2P/c1-15-22(32(37,38)39)19(11-20(23(15)33)46(4)50-5)25-24(34)26-21-28(44-30(43-26)49-13-17-12-31(35,36)14-45(17)3)47(9-10-48-29(21)42-25)16(2)18-7-6-8-41-27(18)40/h6-8,11,16-17,50H,9-10,12-14H2,1-5H3,(H2,40,41)/t16-,17+/m1/s1. The van der Waals surface area contributed by atoms with Crippen LogP contribution in [0.3, 0.4) is 0 Å². The molecule has 0 spiro atoms. The van der Waals surface area contributed by atoms with Crippen molar-refractivity contribution < 1.29 is 40.2 Å². The Morgan fingerprint density at radius 2 is 1.94 bits per heavy atom. The molecule has 0 saturated carbocycles. The zero-order valence-corrected chi connectivity index (χ0v) is 28.7. The number of pyridine rings is 2. The predicted octanol–water partition coefficient (Wildman–Crippen LogP) is 6.61. The number of nitrogens with two attached hydrogens (primary N) is 1. The third-order valence-corrected chi connectivity index (χ3v) is 10.0. The molecule has 50 heavy (non-hydrogen) atoms. The van der Waals surface area contributed by atoms with Gasteiger partial charge in [0.25, 0.3) is 5.92 Å². The summed E-state index contributed by atoms with van der Waals surface area (Å²) in [5.74, 6) is -5.29. The molecule has 2 aliphatic rings. The van der Waals surface area contributed by atoms with Crippen LogP contribution < -0.4 is 24.8 Å². The van der Waals surface area contributed by atoms with Crippen LogP contribution in [0.4, 0.5) is 48.1 Å². The van der Waals surface area contributed by atoms with E-state index in [9.17, 15) is 22.0 Å². The number of likely N-dealkylation sites (tertiary alicyclic amines) is 1. The molecule has 10 nitrogen and oxygen atoms in total. The summed E-state index contributed by atoms with van der Waals surface area (Å²) in [4.78, 5) is 20.4. The van der Waals surface area contributed by atoms with Crippen molar-refractivity contribution in [2.75, 3.05) is 62.4 Å². The smallest absolute Gasteiger partial charge is 0.417 e. The maximum Gasteiger partial charge on any atom is 0.417 e. The summed E-state index contributed by atoms with van der Waals surface area (Å²) in [6.07, 6.45) is -4.07. The van der Waals surface area contributed by atoms with Gasteiger partial charge in [-0.05, 0) is 54.0 Å². The molecule has 5 heterocycles. The van der Waals surface area contributed by atoms with Gasteiger partial charge >= 0.3 is 12.2 Å². The van der Waals surface area contributed by atoms with Crippen LogP contribution in [0.1, 0.15) is 36.1 Å². The molecule has 1 unspecified atom stereocenters. The number of hydrogen-bond acceptors (Lipinski definition) is 10. The molecule has 2 aliphatic heterocycles. The molecule has 1 fully saturated rings. The van der Waals surface area contributed by atoms with Crippen molar-refractivity contribution in [1.82, 2.24) is 24.8 Å². The molecule has 1 saturated heterocycles. The quantitative estimate of drug-likeness (QED) is 0.158. The number of rotatable bonds is 8. The molecule has 2 N–H and O–H groups in total. The van der Waals surface area contributed by atoms with Crippen LogP contribution >= 0.6 is 8.73 Å². The molecular weight excluding hydrogens is 692 g/mol. The number of likely N-dealkylation sites (N-methyl/N-ethyl adjacent to an activating group) is 1. The van der Waals surface area contributed by atoms with E-state index in [1.807, 2.05) is 0 Å². The number of nitrogen functional groups attached to an aromatic ring is 1. The topological polar surface area (TPSA) is 106 Å². The summed E-state index contributed by atoms with van der Waals surface area (Å²) >= 11 is 0. The summed E-state index contributed by atoms with van der Waals surface area (Å²) in [6, 6.07) is 2.67. The van der Waals surface area contributed by atoms with Crippen molar-refractivity contribution in [3.8, 4) is 23.1 Å². The van der Waals surface area contributed by atoms with Gasteiger partial charge in [0, 0.05) is 36.8 Å². The first-order valence-electron chi connectivity index (χ1n) is 15.6. The number of halogens is 7. The first-order valence-corrected chi connectivity index (χ1v) is 17.0. The van der Waals surface area contributed by atoms with Gasteiger partial charge in [-0.2, -0.15) is 23.1 Å². The average molecular weight is 727 g/mol. The molecule has 0 amide bonds. The van der Waals surface area contributed by atoms with Gasteiger partial charge in [-0.3, -0.25) is 4.90 Å². The third-order valence-electron chi connectivity index (χ3n) is 9.10. The van der Waals surface area contributed by atoms with Gasteiger partial charge in [-0.25, -0.2) is 27.5 Å². The van der Waals surface area contributed by atoms with Gasteiger partial charge in [-0.1, -0.05) is 6.07 Å². The Labute approximate surface area is 284 Å². The maximum atomic E-state index is 16.9. The lowest BCUT2D eigenvalue weighted by atomic mass is 9.96. The van der Waals surface area contributed by atoms with E-state index in [-0.39, 0.29) is 57.1 Å². The Morgan fingerprint density at radius 1 is 1.20 bits per heavy atom. The first-order chi connectivity index (χ1) is 23.5. The zero-order valence-electron chi connectivity index (χ0n) is 27.7.